The lowest BCUT2D eigenvalue weighted by Crippen LogP contribution is -2.17. The third-order valence-corrected chi connectivity index (χ3v) is 3.07. The van der Waals surface area contributed by atoms with Crippen LogP contribution in [0.5, 0.6) is 0 Å². The zero-order chi connectivity index (χ0) is 11.5. The molecule has 0 unspecified atom stereocenters. The van der Waals surface area contributed by atoms with E-state index in [9.17, 15) is 0 Å². The molecule has 4 nitrogen and oxygen atoms in total. The van der Waals surface area contributed by atoms with Crippen molar-refractivity contribution in [2.45, 2.75) is 12.8 Å². The van der Waals surface area contributed by atoms with Crippen LogP contribution >= 0.6 is 0 Å². The van der Waals surface area contributed by atoms with E-state index in [4.69, 9.17) is 0 Å². The largest absolute Gasteiger partial charge is 0.372 e. The summed E-state index contributed by atoms with van der Waals surface area (Å²) in [7, 11) is 0. The maximum atomic E-state index is 4.18. The van der Waals surface area contributed by atoms with Gasteiger partial charge in [0.2, 0.25) is 0 Å². The zero-order valence-corrected chi connectivity index (χ0v) is 9.58. The van der Waals surface area contributed by atoms with Gasteiger partial charge in [0.1, 0.15) is 12.7 Å². The lowest BCUT2D eigenvalue weighted by Gasteiger charge is -2.17. The van der Waals surface area contributed by atoms with E-state index >= 15 is 0 Å². The third-order valence-electron chi connectivity index (χ3n) is 3.07. The van der Waals surface area contributed by atoms with Gasteiger partial charge in [-0.3, -0.25) is 0 Å². The van der Waals surface area contributed by atoms with Crippen molar-refractivity contribution in [3.8, 4) is 11.4 Å². The van der Waals surface area contributed by atoms with E-state index in [0.717, 1.165) is 24.5 Å². The Morgan fingerprint density at radius 2 is 1.76 bits per heavy atom. The average Bonchev–Trinajstić information content (AvgIpc) is 2.94. The van der Waals surface area contributed by atoms with E-state index in [2.05, 4.69) is 38.1 Å². The first-order valence-corrected chi connectivity index (χ1v) is 5.91. The van der Waals surface area contributed by atoms with E-state index in [-0.39, 0.29) is 0 Å². The Balaban J connectivity index is 1.94. The Hall–Kier alpha value is -1.97. The number of benzene rings is 1. The SMILES string of the molecule is c1cc(-c2ncncn2)cc(N2CCCC2)c1. The molecule has 1 saturated heterocycles. The van der Waals surface area contributed by atoms with Crippen LogP contribution in [0.15, 0.2) is 36.9 Å². The van der Waals surface area contributed by atoms with Crippen LogP contribution in [0.3, 0.4) is 0 Å². The molecule has 0 atom stereocenters. The monoisotopic (exact) mass is 226 g/mol. The molecule has 0 radical (unpaired) electrons. The van der Waals surface area contributed by atoms with Gasteiger partial charge in [-0.2, -0.15) is 0 Å². The van der Waals surface area contributed by atoms with Crippen LogP contribution in [-0.2, 0) is 0 Å². The Kier molecular flexibility index (Phi) is 2.69. The minimum absolute atomic E-state index is 0.737. The molecule has 1 aromatic carbocycles. The van der Waals surface area contributed by atoms with Gasteiger partial charge in [-0.05, 0) is 25.0 Å². The Labute approximate surface area is 100 Å². The van der Waals surface area contributed by atoms with Crippen molar-refractivity contribution in [3.05, 3.63) is 36.9 Å². The van der Waals surface area contributed by atoms with Crippen molar-refractivity contribution in [1.29, 1.82) is 0 Å². The van der Waals surface area contributed by atoms with Gasteiger partial charge in [-0.1, -0.05) is 12.1 Å². The third kappa shape index (κ3) is 2.11. The molecule has 17 heavy (non-hydrogen) atoms. The molecule has 0 saturated carbocycles. The predicted molar refractivity (Wildman–Crippen MR) is 66.7 cm³/mol. The summed E-state index contributed by atoms with van der Waals surface area (Å²) in [6.07, 6.45) is 5.64. The van der Waals surface area contributed by atoms with Crippen LogP contribution in [-0.4, -0.2) is 28.0 Å². The number of anilines is 1. The van der Waals surface area contributed by atoms with Gasteiger partial charge in [0.15, 0.2) is 5.82 Å². The van der Waals surface area contributed by atoms with Gasteiger partial charge >= 0.3 is 0 Å². The van der Waals surface area contributed by atoms with E-state index < -0.39 is 0 Å². The van der Waals surface area contributed by atoms with Crippen LogP contribution in [0.1, 0.15) is 12.8 Å². The molecule has 0 aliphatic carbocycles. The number of aromatic nitrogens is 3. The van der Waals surface area contributed by atoms with Crippen molar-refractivity contribution in [3.63, 3.8) is 0 Å². The van der Waals surface area contributed by atoms with Crippen molar-refractivity contribution < 1.29 is 0 Å². The first kappa shape index (κ1) is 10.2. The predicted octanol–water partition coefficient (Wildman–Crippen LogP) is 2.14. The van der Waals surface area contributed by atoms with Crippen LogP contribution in [0, 0.1) is 0 Å². The smallest absolute Gasteiger partial charge is 0.162 e. The fourth-order valence-electron chi connectivity index (χ4n) is 2.21. The van der Waals surface area contributed by atoms with Gasteiger partial charge in [-0.15, -0.1) is 0 Å². The molecule has 1 aliphatic heterocycles. The molecule has 0 bridgehead atoms. The van der Waals surface area contributed by atoms with Gasteiger partial charge in [0.05, 0.1) is 0 Å². The summed E-state index contributed by atoms with van der Waals surface area (Å²) in [6.45, 7) is 2.31. The van der Waals surface area contributed by atoms with E-state index in [0.29, 0.717) is 0 Å². The molecule has 3 rings (SSSR count). The summed E-state index contributed by atoms with van der Waals surface area (Å²) in [6, 6.07) is 8.40. The lowest BCUT2D eigenvalue weighted by atomic mass is 10.2. The molecular formula is C13H14N4. The topological polar surface area (TPSA) is 41.9 Å². The standard InChI is InChI=1S/C13H14N4/c1-2-7-17(6-1)12-5-3-4-11(8-12)13-15-9-14-10-16-13/h3-5,8-10H,1-2,6-7H2. The minimum atomic E-state index is 0.737. The van der Waals surface area contributed by atoms with Gasteiger partial charge in [0.25, 0.3) is 0 Å². The number of hydrogen-bond acceptors (Lipinski definition) is 4. The van der Waals surface area contributed by atoms with Crippen molar-refractivity contribution in [2.75, 3.05) is 18.0 Å². The maximum absolute atomic E-state index is 4.18. The second-order valence-electron chi connectivity index (χ2n) is 4.21. The summed E-state index contributed by atoms with van der Waals surface area (Å²) < 4.78 is 0. The highest BCUT2D eigenvalue weighted by Crippen LogP contribution is 2.24. The summed E-state index contributed by atoms with van der Waals surface area (Å²) in [5, 5.41) is 0. The molecule has 4 heteroatoms. The molecule has 0 amide bonds. The van der Waals surface area contributed by atoms with E-state index in [1.54, 1.807) is 0 Å². The summed E-state index contributed by atoms with van der Waals surface area (Å²) in [4.78, 5) is 14.6. The lowest BCUT2D eigenvalue weighted by molar-refractivity contribution is 0.949. The second kappa shape index (κ2) is 4.49. The molecule has 0 N–H and O–H groups in total. The molecule has 86 valence electrons. The molecule has 1 aromatic heterocycles. The second-order valence-corrected chi connectivity index (χ2v) is 4.21. The first-order valence-electron chi connectivity index (χ1n) is 5.91. The van der Waals surface area contributed by atoms with E-state index in [1.807, 2.05) is 6.07 Å². The van der Waals surface area contributed by atoms with Gasteiger partial charge < -0.3 is 4.90 Å². The van der Waals surface area contributed by atoms with Crippen molar-refractivity contribution in [1.82, 2.24) is 15.0 Å². The molecule has 0 spiro atoms. The number of nitrogens with zero attached hydrogens (tertiary/aromatic N) is 4. The molecule has 2 aromatic rings. The zero-order valence-electron chi connectivity index (χ0n) is 9.58. The van der Waals surface area contributed by atoms with Crippen LogP contribution in [0.4, 0.5) is 5.69 Å². The Bertz CT molecular complexity index is 492. The molecule has 2 heterocycles. The number of hydrogen-bond donors (Lipinski definition) is 0. The van der Waals surface area contributed by atoms with Crippen LogP contribution in [0.25, 0.3) is 11.4 Å². The van der Waals surface area contributed by atoms with Crippen molar-refractivity contribution in [2.24, 2.45) is 0 Å². The average molecular weight is 226 g/mol. The molecule has 1 aliphatic rings. The normalized spacial score (nSPS) is 15.2. The van der Waals surface area contributed by atoms with E-state index in [1.165, 1.54) is 31.2 Å². The summed E-state index contributed by atoms with van der Waals surface area (Å²) in [5.41, 5.74) is 2.32. The highest BCUT2D eigenvalue weighted by molar-refractivity contribution is 5.63. The highest BCUT2D eigenvalue weighted by atomic mass is 15.1. The Morgan fingerprint density at radius 3 is 2.53 bits per heavy atom. The fraction of sp³-hybridized carbons (Fsp3) is 0.308. The molecular weight excluding hydrogens is 212 g/mol. The maximum Gasteiger partial charge on any atom is 0.162 e. The summed E-state index contributed by atoms with van der Waals surface area (Å²) in [5.74, 6) is 0.737. The Morgan fingerprint density at radius 1 is 1.00 bits per heavy atom. The van der Waals surface area contributed by atoms with Gasteiger partial charge in [0, 0.05) is 24.3 Å². The summed E-state index contributed by atoms with van der Waals surface area (Å²) >= 11 is 0. The highest BCUT2D eigenvalue weighted by Gasteiger charge is 2.12. The quantitative estimate of drug-likeness (QED) is 0.786. The number of rotatable bonds is 2. The minimum Gasteiger partial charge on any atom is -0.372 e. The first-order chi connectivity index (χ1) is 8.43. The van der Waals surface area contributed by atoms with Gasteiger partial charge in [-0.25, -0.2) is 15.0 Å². The van der Waals surface area contributed by atoms with Crippen LogP contribution < -0.4 is 4.90 Å². The van der Waals surface area contributed by atoms with Crippen LogP contribution in [0.2, 0.25) is 0 Å². The fourth-order valence-corrected chi connectivity index (χ4v) is 2.21. The van der Waals surface area contributed by atoms with Crippen molar-refractivity contribution >= 4 is 5.69 Å². The molecule has 1 fully saturated rings.